The Morgan fingerprint density at radius 2 is 2.47 bits per heavy atom. The molecule has 0 atom stereocenters. The van der Waals surface area contributed by atoms with E-state index >= 15 is 0 Å². The Labute approximate surface area is 89.4 Å². The number of likely N-dealkylation sites (N-methyl/N-ethyl adjacent to an activating group) is 1. The van der Waals surface area contributed by atoms with Crippen LogP contribution in [0.3, 0.4) is 0 Å². The minimum atomic E-state index is 0.0175. The number of carbonyl (C=O) groups excluding carboxylic acids is 1. The molecule has 0 saturated heterocycles. The first kappa shape index (κ1) is 11.5. The second kappa shape index (κ2) is 6.84. The van der Waals surface area contributed by atoms with Gasteiger partial charge in [-0.2, -0.15) is 0 Å². The van der Waals surface area contributed by atoms with Crippen LogP contribution >= 0.6 is 0 Å². The van der Waals surface area contributed by atoms with E-state index in [1.165, 1.54) is 0 Å². The topological polar surface area (TPSA) is 54.3 Å². The Hall–Kier alpha value is -1.55. The number of nitrogens with one attached hydrogen (secondary N) is 2. The van der Waals surface area contributed by atoms with Crippen molar-refractivity contribution in [1.82, 2.24) is 10.6 Å². The van der Waals surface area contributed by atoms with Crippen LogP contribution in [0.15, 0.2) is 28.9 Å². The minimum absolute atomic E-state index is 0.0175. The van der Waals surface area contributed by atoms with Gasteiger partial charge in [0.1, 0.15) is 5.76 Å². The van der Waals surface area contributed by atoms with Crippen molar-refractivity contribution in [3.63, 3.8) is 0 Å². The average Bonchev–Trinajstić information content (AvgIpc) is 2.70. The normalized spacial score (nSPS) is 10.7. The second-order valence-corrected chi connectivity index (χ2v) is 3.00. The maximum Gasteiger partial charge on any atom is 0.233 e. The zero-order chi connectivity index (χ0) is 10.9. The van der Waals surface area contributed by atoms with Gasteiger partial charge in [0.15, 0.2) is 0 Å². The van der Waals surface area contributed by atoms with Gasteiger partial charge in [-0.25, -0.2) is 0 Å². The molecule has 82 valence electrons. The second-order valence-electron chi connectivity index (χ2n) is 3.00. The Kier molecular flexibility index (Phi) is 5.25. The Balaban J connectivity index is 2.09. The average molecular weight is 208 g/mol. The summed E-state index contributed by atoms with van der Waals surface area (Å²) in [7, 11) is 0. The van der Waals surface area contributed by atoms with Gasteiger partial charge in [-0.05, 0) is 25.1 Å². The highest BCUT2D eigenvalue weighted by atomic mass is 16.3. The number of hydrogen-bond donors (Lipinski definition) is 2. The predicted molar refractivity (Wildman–Crippen MR) is 59.3 cm³/mol. The molecule has 1 heterocycles. The number of amides is 1. The number of rotatable bonds is 6. The fourth-order valence-corrected chi connectivity index (χ4v) is 1.09. The molecule has 0 fully saturated rings. The van der Waals surface area contributed by atoms with Crippen LogP contribution in [0.2, 0.25) is 0 Å². The minimum Gasteiger partial charge on any atom is -0.465 e. The summed E-state index contributed by atoms with van der Waals surface area (Å²) in [5.41, 5.74) is 0. The summed E-state index contributed by atoms with van der Waals surface area (Å²) in [6.07, 6.45) is 5.41. The molecule has 0 aliphatic carbocycles. The summed E-state index contributed by atoms with van der Waals surface area (Å²) in [5, 5.41) is 5.70. The van der Waals surface area contributed by atoms with E-state index in [0.717, 1.165) is 5.76 Å². The van der Waals surface area contributed by atoms with Crippen molar-refractivity contribution in [3.8, 4) is 0 Å². The molecule has 1 aromatic rings. The number of furan rings is 1. The fraction of sp³-hybridized carbons (Fsp3) is 0.364. The standard InChI is InChI=1S/C11H16N2O2/c1-2-13-11(14)9-12-7-3-5-10-6-4-8-15-10/h3-6,8,12H,2,7,9H2,1H3,(H,13,14)/b5-3+. The van der Waals surface area contributed by atoms with Crippen molar-refractivity contribution in [3.05, 3.63) is 30.2 Å². The SMILES string of the molecule is CCNC(=O)CNC/C=C/c1ccco1. The van der Waals surface area contributed by atoms with Crippen LogP contribution in [-0.2, 0) is 4.79 Å². The maximum absolute atomic E-state index is 11.0. The molecule has 0 aliphatic heterocycles. The Bertz CT molecular complexity index is 304. The quantitative estimate of drug-likeness (QED) is 0.686. The van der Waals surface area contributed by atoms with Crippen LogP contribution in [-0.4, -0.2) is 25.5 Å². The van der Waals surface area contributed by atoms with Crippen molar-refractivity contribution in [1.29, 1.82) is 0 Å². The zero-order valence-corrected chi connectivity index (χ0v) is 8.82. The third-order valence-electron chi connectivity index (χ3n) is 1.75. The number of carbonyl (C=O) groups is 1. The first-order chi connectivity index (χ1) is 7.33. The van der Waals surface area contributed by atoms with E-state index in [0.29, 0.717) is 19.6 Å². The van der Waals surface area contributed by atoms with Crippen LogP contribution in [0, 0.1) is 0 Å². The highest BCUT2D eigenvalue weighted by Gasteiger charge is 1.95. The summed E-state index contributed by atoms with van der Waals surface area (Å²) in [5.74, 6) is 0.832. The van der Waals surface area contributed by atoms with Crippen LogP contribution in [0.1, 0.15) is 12.7 Å². The van der Waals surface area contributed by atoms with Crippen molar-refractivity contribution < 1.29 is 9.21 Å². The molecule has 0 spiro atoms. The van der Waals surface area contributed by atoms with Gasteiger partial charge in [0.2, 0.25) is 5.91 Å². The molecule has 4 heteroatoms. The van der Waals surface area contributed by atoms with E-state index in [1.807, 2.05) is 31.2 Å². The first-order valence-corrected chi connectivity index (χ1v) is 5.00. The molecule has 0 bridgehead atoms. The smallest absolute Gasteiger partial charge is 0.233 e. The van der Waals surface area contributed by atoms with E-state index in [1.54, 1.807) is 6.26 Å². The lowest BCUT2D eigenvalue weighted by Gasteiger charge is -2.01. The molecular weight excluding hydrogens is 192 g/mol. The summed E-state index contributed by atoms with van der Waals surface area (Å²) in [4.78, 5) is 11.0. The first-order valence-electron chi connectivity index (χ1n) is 5.00. The molecule has 2 N–H and O–H groups in total. The lowest BCUT2D eigenvalue weighted by Crippen LogP contribution is -2.33. The Morgan fingerprint density at radius 1 is 1.60 bits per heavy atom. The summed E-state index contributed by atoms with van der Waals surface area (Å²) in [6.45, 7) is 3.56. The van der Waals surface area contributed by atoms with Crippen LogP contribution in [0.4, 0.5) is 0 Å². The van der Waals surface area contributed by atoms with Gasteiger partial charge in [0.05, 0.1) is 12.8 Å². The molecule has 0 unspecified atom stereocenters. The molecule has 1 rings (SSSR count). The van der Waals surface area contributed by atoms with E-state index in [2.05, 4.69) is 10.6 Å². The molecule has 0 radical (unpaired) electrons. The van der Waals surface area contributed by atoms with Gasteiger partial charge >= 0.3 is 0 Å². The monoisotopic (exact) mass is 208 g/mol. The highest BCUT2D eigenvalue weighted by molar-refractivity contribution is 5.77. The molecule has 1 aromatic heterocycles. The Morgan fingerprint density at radius 3 is 3.13 bits per heavy atom. The summed E-state index contributed by atoms with van der Waals surface area (Å²) in [6, 6.07) is 3.71. The summed E-state index contributed by atoms with van der Waals surface area (Å²) >= 11 is 0. The van der Waals surface area contributed by atoms with Crippen molar-refractivity contribution in [2.24, 2.45) is 0 Å². The van der Waals surface area contributed by atoms with Crippen LogP contribution in [0.25, 0.3) is 6.08 Å². The maximum atomic E-state index is 11.0. The predicted octanol–water partition coefficient (Wildman–Crippen LogP) is 1.02. The van der Waals surface area contributed by atoms with Gasteiger partial charge in [-0.1, -0.05) is 6.08 Å². The highest BCUT2D eigenvalue weighted by Crippen LogP contribution is 2.00. The molecule has 0 aromatic carbocycles. The third kappa shape index (κ3) is 5.02. The van der Waals surface area contributed by atoms with E-state index in [4.69, 9.17) is 4.42 Å². The van der Waals surface area contributed by atoms with Crippen molar-refractivity contribution in [2.45, 2.75) is 6.92 Å². The lowest BCUT2D eigenvalue weighted by atomic mass is 10.4. The molecule has 4 nitrogen and oxygen atoms in total. The summed E-state index contributed by atoms with van der Waals surface area (Å²) < 4.78 is 5.11. The molecule has 15 heavy (non-hydrogen) atoms. The molecule has 0 saturated carbocycles. The van der Waals surface area contributed by atoms with Crippen LogP contribution < -0.4 is 10.6 Å². The molecular formula is C11H16N2O2. The van der Waals surface area contributed by atoms with Crippen LogP contribution in [0.5, 0.6) is 0 Å². The van der Waals surface area contributed by atoms with Gasteiger partial charge in [0, 0.05) is 13.1 Å². The molecule has 0 aliphatic rings. The van der Waals surface area contributed by atoms with Gasteiger partial charge in [0.25, 0.3) is 0 Å². The largest absolute Gasteiger partial charge is 0.465 e. The lowest BCUT2D eigenvalue weighted by molar-refractivity contribution is -0.120. The fourth-order valence-electron chi connectivity index (χ4n) is 1.09. The van der Waals surface area contributed by atoms with Crippen molar-refractivity contribution >= 4 is 12.0 Å². The van der Waals surface area contributed by atoms with E-state index in [-0.39, 0.29) is 5.91 Å². The number of hydrogen-bond acceptors (Lipinski definition) is 3. The van der Waals surface area contributed by atoms with Gasteiger partial charge in [-0.3, -0.25) is 4.79 Å². The van der Waals surface area contributed by atoms with Crippen molar-refractivity contribution in [2.75, 3.05) is 19.6 Å². The van der Waals surface area contributed by atoms with E-state index in [9.17, 15) is 4.79 Å². The molecule has 1 amide bonds. The van der Waals surface area contributed by atoms with Gasteiger partial charge in [-0.15, -0.1) is 0 Å². The third-order valence-corrected chi connectivity index (χ3v) is 1.75. The zero-order valence-electron chi connectivity index (χ0n) is 8.82. The van der Waals surface area contributed by atoms with E-state index < -0.39 is 0 Å². The van der Waals surface area contributed by atoms with Gasteiger partial charge < -0.3 is 15.1 Å².